The molecule has 1 fully saturated rings. The van der Waals surface area contributed by atoms with E-state index in [2.05, 4.69) is 23.6 Å². The first-order valence-electron chi connectivity index (χ1n) is 10.3. The van der Waals surface area contributed by atoms with Gasteiger partial charge in [-0.15, -0.1) is 0 Å². The van der Waals surface area contributed by atoms with Crippen molar-refractivity contribution in [2.45, 2.75) is 63.4 Å². The van der Waals surface area contributed by atoms with Gasteiger partial charge in [-0.25, -0.2) is 8.42 Å². The quantitative estimate of drug-likeness (QED) is 0.701. The summed E-state index contributed by atoms with van der Waals surface area (Å²) in [5.41, 5.74) is 5.63. The molecule has 2 aromatic rings. The molecule has 0 spiro atoms. The molecule has 6 heteroatoms. The average Bonchev–Trinajstić information content (AvgIpc) is 3.21. The highest BCUT2D eigenvalue weighted by atomic mass is 32.2. The first-order valence-corrected chi connectivity index (χ1v) is 11.7. The lowest BCUT2D eigenvalue weighted by atomic mass is 9.99. The fourth-order valence-corrected chi connectivity index (χ4v) is 6.58. The second kappa shape index (κ2) is 7.58. The maximum Gasteiger partial charge on any atom is 0.243 e. The smallest absolute Gasteiger partial charge is 0.243 e. The van der Waals surface area contributed by atoms with E-state index in [9.17, 15) is 13.2 Å². The number of hydrogen-bond donors (Lipinski definition) is 0. The van der Waals surface area contributed by atoms with Crippen molar-refractivity contribution < 1.29 is 13.2 Å². The molecule has 2 heterocycles. The molecule has 0 amide bonds. The summed E-state index contributed by atoms with van der Waals surface area (Å²) in [5, 5.41) is 0. The molecule has 29 heavy (non-hydrogen) atoms. The van der Waals surface area contributed by atoms with Crippen LogP contribution in [-0.4, -0.2) is 36.2 Å². The Hall–Kier alpha value is -2.18. The number of nitrogens with zero attached hydrogens (tertiary/aromatic N) is 2. The van der Waals surface area contributed by atoms with E-state index in [1.54, 1.807) is 16.4 Å². The number of carbonyl (C=O) groups excluding carboxylic acids is 1. The molecule has 1 aliphatic heterocycles. The number of aromatic nitrogens is 1. The van der Waals surface area contributed by atoms with Gasteiger partial charge in [0.25, 0.3) is 0 Å². The standard InChI is InChI=1S/C23H28N2O3S/c1-16-8-10-20(11-9-16)29(27,28)24-15-19(14-17(24)2)25-18(3)21(12-13-26)22-6-4-5-7-23(22)25/h4,6,8-11,13,17,19H,5,7,12,14-15H2,1-3H3/t17-,19+/m0/s1. The van der Waals surface area contributed by atoms with E-state index in [-0.39, 0.29) is 12.1 Å². The summed E-state index contributed by atoms with van der Waals surface area (Å²) < 4.78 is 30.5. The Morgan fingerprint density at radius 3 is 2.59 bits per heavy atom. The molecule has 1 aromatic carbocycles. The number of hydrogen-bond acceptors (Lipinski definition) is 3. The molecular formula is C23H28N2O3S. The van der Waals surface area contributed by atoms with Crippen LogP contribution in [0.2, 0.25) is 0 Å². The Morgan fingerprint density at radius 1 is 1.17 bits per heavy atom. The van der Waals surface area contributed by atoms with Crippen LogP contribution in [0, 0.1) is 13.8 Å². The third-order valence-electron chi connectivity index (χ3n) is 6.33. The van der Waals surface area contributed by atoms with E-state index in [1.807, 2.05) is 26.0 Å². The number of sulfonamides is 1. The first kappa shape index (κ1) is 20.1. The Morgan fingerprint density at radius 2 is 1.90 bits per heavy atom. The zero-order valence-corrected chi connectivity index (χ0v) is 18.1. The van der Waals surface area contributed by atoms with Crippen molar-refractivity contribution >= 4 is 22.4 Å². The van der Waals surface area contributed by atoms with Gasteiger partial charge in [0, 0.05) is 36.4 Å². The minimum absolute atomic E-state index is 0.0718. The van der Waals surface area contributed by atoms with Crippen LogP contribution in [0.4, 0.5) is 0 Å². The van der Waals surface area contributed by atoms with Gasteiger partial charge in [0.2, 0.25) is 10.0 Å². The van der Waals surface area contributed by atoms with Gasteiger partial charge in [0.15, 0.2) is 0 Å². The zero-order valence-electron chi connectivity index (χ0n) is 17.3. The molecule has 1 aromatic heterocycles. The molecule has 2 atom stereocenters. The summed E-state index contributed by atoms with van der Waals surface area (Å²) in [6.45, 7) is 6.47. The maximum absolute atomic E-state index is 13.3. The van der Waals surface area contributed by atoms with Crippen LogP contribution >= 0.6 is 0 Å². The van der Waals surface area contributed by atoms with E-state index in [4.69, 9.17) is 0 Å². The molecule has 0 bridgehead atoms. The Balaban J connectivity index is 1.70. The fraction of sp³-hybridized carbons (Fsp3) is 0.435. The van der Waals surface area contributed by atoms with Crippen molar-refractivity contribution in [1.29, 1.82) is 0 Å². The summed E-state index contributed by atoms with van der Waals surface area (Å²) in [6.07, 6.45) is 8.33. The molecular weight excluding hydrogens is 384 g/mol. The molecule has 5 nitrogen and oxygen atoms in total. The predicted octanol–water partition coefficient (Wildman–Crippen LogP) is 3.83. The number of aldehydes is 1. The van der Waals surface area contributed by atoms with Gasteiger partial charge in [0.1, 0.15) is 6.29 Å². The van der Waals surface area contributed by atoms with Crippen molar-refractivity contribution in [2.24, 2.45) is 0 Å². The van der Waals surface area contributed by atoms with Crippen molar-refractivity contribution in [2.75, 3.05) is 6.54 Å². The lowest BCUT2D eigenvalue weighted by Crippen LogP contribution is -2.34. The monoisotopic (exact) mass is 412 g/mol. The average molecular weight is 413 g/mol. The molecule has 1 saturated heterocycles. The molecule has 4 rings (SSSR count). The number of carbonyl (C=O) groups is 1. The number of rotatable bonds is 5. The highest BCUT2D eigenvalue weighted by Gasteiger charge is 2.40. The maximum atomic E-state index is 13.3. The van der Waals surface area contributed by atoms with Gasteiger partial charge < -0.3 is 9.36 Å². The number of benzene rings is 1. The Bertz CT molecular complexity index is 1060. The van der Waals surface area contributed by atoms with Crippen molar-refractivity contribution in [1.82, 2.24) is 8.87 Å². The SMILES string of the molecule is Cc1ccc(S(=O)(=O)N2C[C@H](n3c(C)c(CC=O)c4c3CCC=C4)C[C@@H]2C)cc1. The van der Waals surface area contributed by atoms with E-state index in [0.717, 1.165) is 47.9 Å². The summed E-state index contributed by atoms with van der Waals surface area (Å²) in [6, 6.07) is 7.09. The van der Waals surface area contributed by atoms with Gasteiger partial charge in [-0.1, -0.05) is 29.8 Å². The van der Waals surface area contributed by atoms with Crippen LogP contribution in [0.5, 0.6) is 0 Å². The normalized spacial score (nSPS) is 22.0. The van der Waals surface area contributed by atoms with Gasteiger partial charge in [0.05, 0.1) is 4.90 Å². The summed E-state index contributed by atoms with van der Waals surface area (Å²) >= 11 is 0. The second-order valence-corrected chi connectivity index (χ2v) is 10.1. The van der Waals surface area contributed by atoms with Gasteiger partial charge >= 0.3 is 0 Å². The van der Waals surface area contributed by atoms with Gasteiger partial charge in [-0.2, -0.15) is 4.31 Å². The van der Waals surface area contributed by atoms with Crippen molar-refractivity contribution in [3.63, 3.8) is 0 Å². The van der Waals surface area contributed by atoms with E-state index < -0.39 is 10.0 Å². The fourth-order valence-electron chi connectivity index (χ4n) is 4.90. The van der Waals surface area contributed by atoms with Crippen LogP contribution in [0.25, 0.3) is 6.08 Å². The highest BCUT2D eigenvalue weighted by molar-refractivity contribution is 7.89. The first-order chi connectivity index (χ1) is 13.8. The van der Waals surface area contributed by atoms with Crippen molar-refractivity contribution in [3.05, 3.63) is 58.4 Å². The van der Waals surface area contributed by atoms with Gasteiger partial charge in [-0.05, 0) is 63.3 Å². The van der Waals surface area contributed by atoms with E-state index >= 15 is 0 Å². The molecule has 0 saturated carbocycles. The minimum Gasteiger partial charge on any atom is -0.344 e. The second-order valence-electron chi connectivity index (χ2n) is 8.23. The molecule has 154 valence electrons. The van der Waals surface area contributed by atoms with Crippen LogP contribution in [0.15, 0.2) is 35.2 Å². The third-order valence-corrected chi connectivity index (χ3v) is 8.33. The zero-order chi connectivity index (χ0) is 20.8. The lowest BCUT2D eigenvalue weighted by Gasteiger charge is -2.22. The minimum atomic E-state index is -3.53. The highest BCUT2D eigenvalue weighted by Crippen LogP contribution is 2.38. The lowest BCUT2D eigenvalue weighted by molar-refractivity contribution is -0.107. The van der Waals surface area contributed by atoms with Crippen LogP contribution in [-0.2, 0) is 27.7 Å². The van der Waals surface area contributed by atoms with E-state index in [1.165, 1.54) is 5.69 Å². The molecule has 0 unspecified atom stereocenters. The van der Waals surface area contributed by atoms with Crippen LogP contribution in [0.1, 0.15) is 53.9 Å². The number of aryl methyl sites for hydroxylation is 1. The van der Waals surface area contributed by atoms with Crippen LogP contribution in [0.3, 0.4) is 0 Å². The molecule has 1 aliphatic carbocycles. The largest absolute Gasteiger partial charge is 0.344 e. The third kappa shape index (κ3) is 3.38. The van der Waals surface area contributed by atoms with E-state index in [0.29, 0.717) is 17.9 Å². The molecule has 0 radical (unpaired) electrons. The van der Waals surface area contributed by atoms with Crippen LogP contribution < -0.4 is 0 Å². The van der Waals surface area contributed by atoms with Gasteiger partial charge in [-0.3, -0.25) is 0 Å². The summed E-state index contributed by atoms with van der Waals surface area (Å²) in [5.74, 6) is 0. The number of allylic oxidation sites excluding steroid dienone is 1. The summed E-state index contributed by atoms with van der Waals surface area (Å²) in [4.78, 5) is 11.6. The topological polar surface area (TPSA) is 59.4 Å². The summed E-state index contributed by atoms with van der Waals surface area (Å²) in [7, 11) is -3.53. The molecule has 2 aliphatic rings. The number of fused-ring (bicyclic) bond motifs is 1. The Labute approximate surface area is 173 Å². The Kier molecular flexibility index (Phi) is 5.25. The van der Waals surface area contributed by atoms with Crippen molar-refractivity contribution in [3.8, 4) is 0 Å². The molecule has 0 N–H and O–H groups in total. The predicted molar refractivity (Wildman–Crippen MR) is 114 cm³/mol.